The lowest BCUT2D eigenvalue weighted by molar-refractivity contribution is -0.113. The van der Waals surface area contributed by atoms with E-state index < -0.39 is 5.82 Å². The van der Waals surface area contributed by atoms with Gasteiger partial charge in [-0.15, -0.1) is 0 Å². The lowest BCUT2D eigenvalue weighted by atomic mass is 9.99. The first-order valence-corrected chi connectivity index (χ1v) is 12.4. The third kappa shape index (κ3) is 5.11. The molecule has 2 aromatic heterocycles. The zero-order valence-electron chi connectivity index (χ0n) is 20.1. The normalized spacial score (nSPS) is 11.8. The molecule has 0 atom stereocenters. The van der Waals surface area contributed by atoms with Crippen LogP contribution in [-0.2, 0) is 17.8 Å². The average molecular weight is 519 g/mol. The number of methoxy groups -OCH3 is 1. The highest BCUT2D eigenvalue weighted by atomic mass is 32.2. The number of benzene rings is 2. The number of ether oxygens (including phenoxy) is 2. The van der Waals surface area contributed by atoms with Gasteiger partial charge in [0.2, 0.25) is 11.8 Å². The number of amides is 1. The standard InChI is InChI=1S/C27H23FN4O4S/c1-15-24-19(17(13-33)12-29-15)11-20-26(36-24)31-25(16-6-5-7-18(10-16)35-2)32-27(20)37-14-23(34)30-22-9-4-3-8-21(22)28/h3-10,12,33H,11,13-14H2,1-2H3,(H,30,34). The molecule has 0 fully saturated rings. The number of para-hydroxylation sites is 1. The molecular weight excluding hydrogens is 495 g/mol. The SMILES string of the molecule is COc1cccc(-c2nc3c(c(SCC(=O)Nc4ccccc4F)n2)Cc2c(CO)cnc(C)c2O3)c1. The Morgan fingerprint density at radius 1 is 1.19 bits per heavy atom. The van der Waals surface area contributed by atoms with Crippen LogP contribution in [0.2, 0.25) is 0 Å². The molecule has 0 spiro atoms. The van der Waals surface area contributed by atoms with Crippen molar-refractivity contribution >= 4 is 23.4 Å². The Bertz CT molecular complexity index is 1500. The number of nitrogens with zero attached hydrogens (tertiary/aromatic N) is 3. The number of fused-ring (bicyclic) bond motifs is 2. The highest BCUT2D eigenvalue weighted by Gasteiger charge is 2.28. The fourth-order valence-corrected chi connectivity index (χ4v) is 4.81. The second kappa shape index (κ2) is 10.5. The smallest absolute Gasteiger partial charge is 0.234 e. The minimum absolute atomic E-state index is 0.00950. The van der Waals surface area contributed by atoms with E-state index in [1.807, 2.05) is 31.2 Å². The Morgan fingerprint density at radius 2 is 2.03 bits per heavy atom. The first kappa shape index (κ1) is 24.7. The van der Waals surface area contributed by atoms with Crippen LogP contribution in [0.15, 0.2) is 59.8 Å². The van der Waals surface area contributed by atoms with Crippen LogP contribution in [0.5, 0.6) is 17.4 Å². The predicted octanol–water partition coefficient (Wildman–Crippen LogP) is 4.91. The van der Waals surface area contributed by atoms with E-state index in [0.717, 1.165) is 5.56 Å². The summed E-state index contributed by atoms with van der Waals surface area (Å²) in [5.41, 5.74) is 3.66. The van der Waals surface area contributed by atoms with Gasteiger partial charge in [-0.2, -0.15) is 4.98 Å². The zero-order chi connectivity index (χ0) is 25.9. The van der Waals surface area contributed by atoms with E-state index in [2.05, 4.69) is 15.3 Å². The van der Waals surface area contributed by atoms with Gasteiger partial charge < -0.3 is 19.9 Å². The number of halogens is 1. The third-order valence-corrected chi connectivity index (χ3v) is 6.89. The summed E-state index contributed by atoms with van der Waals surface area (Å²) < 4.78 is 25.5. The van der Waals surface area contributed by atoms with E-state index in [1.54, 1.807) is 25.4 Å². The number of aliphatic hydroxyl groups excluding tert-OH is 1. The maximum Gasteiger partial charge on any atom is 0.234 e. The van der Waals surface area contributed by atoms with Crippen LogP contribution in [0, 0.1) is 12.7 Å². The molecule has 0 unspecified atom stereocenters. The molecule has 2 aromatic carbocycles. The maximum absolute atomic E-state index is 14.0. The number of carbonyl (C=O) groups excluding carboxylic acids is 1. The van der Waals surface area contributed by atoms with E-state index >= 15 is 0 Å². The summed E-state index contributed by atoms with van der Waals surface area (Å²) >= 11 is 1.20. The molecule has 2 N–H and O–H groups in total. The molecule has 4 aromatic rings. The molecule has 5 rings (SSSR count). The van der Waals surface area contributed by atoms with Crippen molar-refractivity contribution in [1.82, 2.24) is 15.0 Å². The molecule has 188 valence electrons. The van der Waals surface area contributed by atoms with Crippen molar-refractivity contribution in [2.24, 2.45) is 0 Å². The van der Waals surface area contributed by atoms with Crippen molar-refractivity contribution in [2.45, 2.75) is 25.0 Å². The van der Waals surface area contributed by atoms with Crippen molar-refractivity contribution in [3.63, 3.8) is 0 Å². The molecule has 10 heteroatoms. The first-order chi connectivity index (χ1) is 18.0. The lowest BCUT2D eigenvalue weighted by Crippen LogP contribution is -2.16. The van der Waals surface area contributed by atoms with Crippen molar-refractivity contribution in [3.05, 3.63) is 82.9 Å². The largest absolute Gasteiger partial charge is 0.497 e. The number of pyridine rings is 1. The summed E-state index contributed by atoms with van der Waals surface area (Å²) in [5, 5.41) is 13.0. The Hall–Kier alpha value is -4.02. The molecule has 0 saturated heterocycles. The Labute approximate surface area is 216 Å². The van der Waals surface area contributed by atoms with Crippen molar-refractivity contribution in [3.8, 4) is 28.8 Å². The highest BCUT2D eigenvalue weighted by molar-refractivity contribution is 8.00. The van der Waals surface area contributed by atoms with Crippen LogP contribution in [0.25, 0.3) is 11.4 Å². The van der Waals surface area contributed by atoms with Gasteiger partial charge in [0.1, 0.15) is 16.6 Å². The second-order valence-corrected chi connectivity index (χ2v) is 9.26. The summed E-state index contributed by atoms with van der Waals surface area (Å²) in [5.74, 6) is 1.08. The number of thioether (sulfide) groups is 1. The number of aryl methyl sites for hydroxylation is 1. The molecule has 0 radical (unpaired) electrons. The average Bonchev–Trinajstić information content (AvgIpc) is 2.92. The lowest BCUT2D eigenvalue weighted by Gasteiger charge is -2.24. The summed E-state index contributed by atoms with van der Waals surface area (Å²) in [6, 6.07) is 13.3. The molecule has 3 heterocycles. The Balaban J connectivity index is 1.51. The maximum atomic E-state index is 14.0. The summed E-state index contributed by atoms with van der Waals surface area (Å²) in [6.07, 6.45) is 2.03. The molecule has 0 bridgehead atoms. The van der Waals surface area contributed by atoms with E-state index in [9.17, 15) is 14.3 Å². The minimum Gasteiger partial charge on any atom is -0.497 e. The van der Waals surface area contributed by atoms with Gasteiger partial charge in [-0.25, -0.2) is 9.37 Å². The summed E-state index contributed by atoms with van der Waals surface area (Å²) in [4.78, 5) is 26.4. The second-order valence-electron chi connectivity index (χ2n) is 8.30. The van der Waals surface area contributed by atoms with E-state index in [0.29, 0.717) is 57.0 Å². The van der Waals surface area contributed by atoms with E-state index in [-0.39, 0.29) is 24.0 Å². The Kier molecular flexibility index (Phi) is 7.02. The van der Waals surface area contributed by atoms with Gasteiger partial charge in [0.25, 0.3) is 0 Å². The van der Waals surface area contributed by atoms with E-state index in [4.69, 9.17) is 14.5 Å². The van der Waals surface area contributed by atoms with E-state index in [1.165, 1.54) is 23.9 Å². The number of nitrogens with one attached hydrogen (secondary N) is 1. The monoisotopic (exact) mass is 518 g/mol. The van der Waals surface area contributed by atoms with Gasteiger partial charge in [-0.1, -0.05) is 36.0 Å². The van der Waals surface area contributed by atoms with Crippen molar-refractivity contribution in [1.29, 1.82) is 0 Å². The number of aromatic nitrogens is 3. The van der Waals surface area contributed by atoms with Crippen LogP contribution in [0.3, 0.4) is 0 Å². The molecule has 37 heavy (non-hydrogen) atoms. The van der Waals surface area contributed by atoms with Crippen LogP contribution in [-0.4, -0.2) is 38.8 Å². The quantitative estimate of drug-likeness (QED) is 0.231. The third-order valence-electron chi connectivity index (χ3n) is 5.87. The fourth-order valence-electron chi connectivity index (χ4n) is 3.99. The van der Waals surface area contributed by atoms with Crippen LogP contribution >= 0.6 is 11.8 Å². The molecule has 0 aliphatic carbocycles. The van der Waals surface area contributed by atoms with Crippen LogP contribution in [0.4, 0.5) is 10.1 Å². The van der Waals surface area contributed by atoms with Gasteiger partial charge in [0.05, 0.1) is 36.4 Å². The van der Waals surface area contributed by atoms with Gasteiger partial charge >= 0.3 is 0 Å². The Morgan fingerprint density at radius 3 is 2.81 bits per heavy atom. The first-order valence-electron chi connectivity index (χ1n) is 11.5. The number of hydrogen-bond donors (Lipinski definition) is 2. The molecule has 0 saturated carbocycles. The van der Waals surface area contributed by atoms with Crippen molar-refractivity contribution in [2.75, 3.05) is 18.2 Å². The number of hydrogen-bond acceptors (Lipinski definition) is 8. The number of rotatable bonds is 7. The summed E-state index contributed by atoms with van der Waals surface area (Å²) in [7, 11) is 1.58. The molecule has 8 nitrogen and oxygen atoms in total. The number of aliphatic hydroxyl groups is 1. The number of carbonyl (C=O) groups is 1. The fraction of sp³-hybridized carbons (Fsp3) is 0.185. The molecule has 1 aliphatic rings. The molecular formula is C27H23FN4O4S. The number of anilines is 1. The molecule has 1 aliphatic heterocycles. The highest BCUT2D eigenvalue weighted by Crippen LogP contribution is 2.42. The van der Waals surface area contributed by atoms with Gasteiger partial charge in [-0.05, 0) is 31.2 Å². The topological polar surface area (TPSA) is 106 Å². The summed E-state index contributed by atoms with van der Waals surface area (Å²) in [6.45, 7) is 1.64. The van der Waals surface area contributed by atoms with Crippen molar-refractivity contribution < 1.29 is 23.8 Å². The molecule has 1 amide bonds. The zero-order valence-corrected chi connectivity index (χ0v) is 20.9. The predicted molar refractivity (Wildman–Crippen MR) is 138 cm³/mol. The van der Waals surface area contributed by atoms with Gasteiger partial charge in [-0.3, -0.25) is 9.78 Å². The van der Waals surface area contributed by atoms with Crippen LogP contribution in [0.1, 0.15) is 22.4 Å². The van der Waals surface area contributed by atoms with Crippen LogP contribution < -0.4 is 14.8 Å². The van der Waals surface area contributed by atoms with Gasteiger partial charge in [0, 0.05) is 29.3 Å². The van der Waals surface area contributed by atoms with Gasteiger partial charge in [0.15, 0.2) is 11.6 Å². The minimum atomic E-state index is -0.508.